The standard InChI is InChI=1S/C41H55N7O6S2/c1-7-55(51,52)45-37(26(3)4)40(49)47-21-9-11-35(47)33-23-32(24-42-33)30-15-13-28(14-16-30)29-17-19-31(20-18-29)34-25-43-39(44-34)36-12-10-22-48(36)41(50)38(27(5)6)46-56(53,54)8-2/h13-20,24-27,35-38,45-46H,7-12,21-23H2,1-6H3,(H,43,44)/t35-,36?,37-,38-/m0/s1. The zero-order chi connectivity index (χ0) is 40.4. The molecule has 2 fully saturated rings. The summed E-state index contributed by atoms with van der Waals surface area (Å²) in [6.07, 6.45) is 7.49. The molecular weight excluding hydrogens is 751 g/mol. The fourth-order valence-corrected chi connectivity index (χ4v) is 9.60. The number of amides is 2. The lowest BCUT2D eigenvalue weighted by molar-refractivity contribution is -0.135. The van der Waals surface area contributed by atoms with E-state index in [1.54, 1.807) is 24.9 Å². The summed E-state index contributed by atoms with van der Waals surface area (Å²) in [6.45, 7) is 11.7. The number of allylic oxidation sites excluding steroid dienone is 1. The molecule has 2 amide bonds. The minimum absolute atomic E-state index is 0.0785. The van der Waals surface area contributed by atoms with Crippen LogP contribution in [0, 0.1) is 11.8 Å². The molecule has 3 aliphatic heterocycles. The Bertz CT molecular complexity index is 2180. The van der Waals surface area contributed by atoms with Gasteiger partial charge in [0, 0.05) is 31.4 Å². The molecule has 3 N–H and O–H groups in total. The van der Waals surface area contributed by atoms with Crippen LogP contribution in [0.5, 0.6) is 0 Å². The molecule has 0 radical (unpaired) electrons. The van der Waals surface area contributed by atoms with Crippen LogP contribution in [0.3, 0.4) is 0 Å². The van der Waals surface area contributed by atoms with Crippen molar-refractivity contribution in [3.8, 4) is 22.4 Å². The molecule has 0 saturated carbocycles. The van der Waals surface area contributed by atoms with E-state index in [9.17, 15) is 26.4 Å². The molecule has 1 aromatic heterocycles. The van der Waals surface area contributed by atoms with E-state index in [2.05, 4.69) is 55.8 Å². The summed E-state index contributed by atoms with van der Waals surface area (Å²) in [5.41, 5.74) is 6.97. The van der Waals surface area contributed by atoms with Crippen LogP contribution < -0.4 is 9.44 Å². The summed E-state index contributed by atoms with van der Waals surface area (Å²) < 4.78 is 54.6. The Hall–Kier alpha value is -4.18. The summed E-state index contributed by atoms with van der Waals surface area (Å²) in [7, 11) is -7.10. The molecule has 15 heteroatoms. The fraction of sp³-hybridized carbons (Fsp3) is 0.512. The quantitative estimate of drug-likeness (QED) is 0.182. The molecule has 2 aromatic carbocycles. The number of imidazole rings is 1. The number of sulfonamides is 2. The Kier molecular flexibility index (Phi) is 12.7. The first-order valence-electron chi connectivity index (χ1n) is 19.7. The average molecular weight is 806 g/mol. The van der Waals surface area contributed by atoms with E-state index in [0.29, 0.717) is 25.3 Å². The van der Waals surface area contributed by atoms with Crippen LogP contribution in [0.1, 0.15) is 91.1 Å². The number of H-pyrrole nitrogens is 1. The highest BCUT2D eigenvalue weighted by molar-refractivity contribution is 7.89. The number of aromatic nitrogens is 2. The summed E-state index contributed by atoms with van der Waals surface area (Å²) in [5.74, 6) is -0.293. The van der Waals surface area contributed by atoms with Gasteiger partial charge in [0.2, 0.25) is 31.9 Å². The monoisotopic (exact) mass is 805 g/mol. The summed E-state index contributed by atoms with van der Waals surface area (Å²) in [6, 6.07) is 14.5. The van der Waals surface area contributed by atoms with Gasteiger partial charge in [-0.05, 0) is 79.2 Å². The fourth-order valence-electron chi connectivity index (χ4n) is 7.75. The second-order valence-corrected chi connectivity index (χ2v) is 19.7. The predicted molar refractivity (Wildman–Crippen MR) is 220 cm³/mol. The SMILES string of the molecule is CCS(=O)(=O)N[C@H](C(=O)N1CCCC1c1ncc(-c2ccc(-c3ccc(C4=CN=C([C@@H]5CCCN5C(=O)[C@@H](NS(=O)(=O)CC)C(C)C)C4)cc3)cc2)[nH]1)C(C)C. The largest absolute Gasteiger partial charge is 0.340 e. The van der Waals surface area contributed by atoms with E-state index in [1.807, 2.05) is 50.9 Å². The van der Waals surface area contributed by atoms with E-state index >= 15 is 0 Å². The summed E-state index contributed by atoms with van der Waals surface area (Å²) in [5, 5.41) is 0. The van der Waals surface area contributed by atoms with Gasteiger partial charge in [0.25, 0.3) is 0 Å². The molecule has 13 nitrogen and oxygen atoms in total. The molecule has 0 spiro atoms. The highest BCUT2D eigenvalue weighted by Gasteiger charge is 2.40. The third-order valence-electron chi connectivity index (χ3n) is 11.1. The van der Waals surface area contributed by atoms with Crippen LogP contribution in [-0.4, -0.2) is 96.9 Å². The first-order chi connectivity index (χ1) is 26.6. The van der Waals surface area contributed by atoms with Gasteiger partial charge in [0.1, 0.15) is 17.9 Å². The first-order valence-corrected chi connectivity index (χ1v) is 23.0. The number of nitrogens with zero attached hydrogens (tertiary/aromatic N) is 4. The zero-order valence-electron chi connectivity index (χ0n) is 33.2. The Morgan fingerprint density at radius 2 is 1.20 bits per heavy atom. The molecule has 3 aromatic rings. The van der Waals surface area contributed by atoms with E-state index in [4.69, 9.17) is 4.99 Å². The van der Waals surface area contributed by atoms with Gasteiger partial charge in [-0.25, -0.2) is 31.3 Å². The highest BCUT2D eigenvalue weighted by Crippen LogP contribution is 2.35. The second-order valence-electron chi connectivity index (χ2n) is 15.7. The number of carbonyl (C=O) groups excluding carboxylic acids is 2. The molecular formula is C41H55N7O6S2. The van der Waals surface area contributed by atoms with Crippen LogP contribution in [-0.2, 0) is 29.6 Å². The van der Waals surface area contributed by atoms with E-state index < -0.39 is 32.1 Å². The number of nitrogens with one attached hydrogen (secondary N) is 3. The van der Waals surface area contributed by atoms with Gasteiger partial charge in [0.05, 0.1) is 35.5 Å². The molecule has 6 rings (SSSR count). The van der Waals surface area contributed by atoms with Crippen molar-refractivity contribution < 1.29 is 26.4 Å². The Balaban J connectivity index is 1.08. The van der Waals surface area contributed by atoms with Gasteiger partial charge >= 0.3 is 0 Å². The van der Waals surface area contributed by atoms with Crippen molar-refractivity contribution in [2.45, 2.75) is 97.8 Å². The van der Waals surface area contributed by atoms with Crippen LogP contribution in [0.15, 0.2) is 65.9 Å². The molecule has 4 heterocycles. The minimum Gasteiger partial charge on any atom is -0.340 e. The lowest BCUT2D eigenvalue weighted by Crippen LogP contribution is -2.53. The molecule has 0 bridgehead atoms. The van der Waals surface area contributed by atoms with Crippen LogP contribution in [0.4, 0.5) is 0 Å². The number of benzene rings is 2. The van der Waals surface area contributed by atoms with Crippen molar-refractivity contribution in [1.82, 2.24) is 29.2 Å². The second kappa shape index (κ2) is 17.1. The molecule has 3 aliphatic rings. The van der Waals surface area contributed by atoms with Crippen LogP contribution in [0.25, 0.3) is 28.0 Å². The predicted octanol–water partition coefficient (Wildman–Crippen LogP) is 5.51. The van der Waals surface area contributed by atoms with E-state index in [1.165, 1.54) is 0 Å². The van der Waals surface area contributed by atoms with Crippen molar-refractivity contribution in [3.63, 3.8) is 0 Å². The molecule has 56 heavy (non-hydrogen) atoms. The van der Waals surface area contributed by atoms with Crippen LogP contribution >= 0.6 is 0 Å². The van der Waals surface area contributed by atoms with Crippen molar-refractivity contribution in [2.75, 3.05) is 24.6 Å². The van der Waals surface area contributed by atoms with E-state index in [-0.39, 0.29) is 47.2 Å². The molecule has 1 unspecified atom stereocenters. The number of aliphatic imine (C=N–C) groups is 1. The topological polar surface area (TPSA) is 174 Å². The van der Waals surface area contributed by atoms with Crippen molar-refractivity contribution in [3.05, 3.63) is 72.3 Å². The first kappa shape index (κ1) is 41.5. The zero-order valence-corrected chi connectivity index (χ0v) is 34.8. The lowest BCUT2D eigenvalue weighted by Gasteiger charge is -2.31. The summed E-state index contributed by atoms with van der Waals surface area (Å²) in [4.78, 5) is 43.7. The number of hydrogen-bond acceptors (Lipinski definition) is 8. The maximum Gasteiger partial charge on any atom is 0.241 e. The minimum atomic E-state index is -3.55. The van der Waals surface area contributed by atoms with E-state index in [0.717, 1.165) is 64.9 Å². The number of aromatic amines is 1. The number of rotatable bonds is 15. The summed E-state index contributed by atoms with van der Waals surface area (Å²) >= 11 is 0. The molecule has 0 aliphatic carbocycles. The third-order valence-corrected chi connectivity index (χ3v) is 13.9. The maximum atomic E-state index is 13.6. The Morgan fingerprint density at radius 3 is 1.70 bits per heavy atom. The molecule has 302 valence electrons. The third kappa shape index (κ3) is 9.17. The van der Waals surface area contributed by atoms with Gasteiger partial charge in [-0.2, -0.15) is 0 Å². The number of hydrogen-bond donors (Lipinski definition) is 3. The van der Waals surface area contributed by atoms with Gasteiger partial charge in [-0.15, -0.1) is 0 Å². The van der Waals surface area contributed by atoms with Gasteiger partial charge in [-0.3, -0.25) is 14.6 Å². The molecule has 4 atom stereocenters. The molecule has 2 saturated heterocycles. The van der Waals surface area contributed by atoms with Crippen molar-refractivity contribution >= 4 is 43.1 Å². The van der Waals surface area contributed by atoms with Crippen molar-refractivity contribution in [2.24, 2.45) is 16.8 Å². The Morgan fingerprint density at radius 1 is 0.732 bits per heavy atom. The van der Waals surface area contributed by atoms with Crippen molar-refractivity contribution in [1.29, 1.82) is 0 Å². The smallest absolute Gasteiger partial charge is 0.241 e. The average Bonchev–Trinajstić information content (AvgIpc) is 4.02. The number of likely N-dealkylation sites (tertiary alicyclic amines) is 2. The Labute approximate surface area is 331 Å². The van der Waals surface area contributed by atoms with Gasteiger partial charge in [0.15, 0.2) is 0 Å². The lowest BCUT2D eigenvalue weighted by atomic mass is 9.96. The van der Waals surface area contributed by atoms with Gasteiger partial charge < -0.3 is 14.8 Å². The number of carbonyl (C=O) groups is 2. The van der Waals surface area contributed by atoms with Gasteiger partial charge in [-0.1, -0.05) is 76.2 Å². The normalized spacial score (nSPS) is 20.1. The maximum absolute atomic E-state index is 13.6. The highest BCUT2D eigenvalue weighted by atomic mass is 32.2. The van der Waals surface area contributed by atoms with Crippen LogP contribution in [0.2, 0.25) is 0 Å².